The number of rotatable bonds is 4. The lowest BCUT2D eigenvalue weighted by Gasteiger charge is -2.16. The summed E-state index contributed by atoms with van der Waals surface area (Å²) in [6, 6.07) is 23.8. The van der Waals surface area contributed by atoms with E-state index in [1.807, 2.05) is 89.8 Å². The molecule has 22 heavy (non-hydrogen) atoms. The maximum Gasteiger partial charge on any atom is 0.162 e. The van der Waals surface area contributed by atoms with Gasteiger partial charge in [-0.2, -0.15) is 0 Å². The van der Waals surface area contributed by atoms with Gasteiger partial charge in [0, 0.05) is 18.0 Å². The Morgan fingerprint density at radius 1 is 0.727 bits per heavy atom. The number of carbonyl (C=O) groups is 1. The van der Waals surface area contributed by atoms with Crippen LogP contribution in [0.2, 0.25) is 0 Å². The summed E-state index contributed by atoms with van der Waals surface area (Å²) in [5.74, 6) is 0.0544. The van der Waals surface area contributed by atoms with Gasteiger partial charge < -0.3 is 4.57 Å². The number of benzene rings is 2. The van der Waals surface area contributed by atoms with Crippen molar-refractivity contribution < 1.29 is 4.79 Å². The van der Waals surface area contributed by atoms with Crippen LogP contribution >= 0.6 is 0 Å². The average molecular weight is 287 g/mol. The van der Waals surface area contributed by atoms with Gasteiger partial charge in [0.25, 0.3) is 0 Å². The largest absolute Gasteiger partial charge is 0.323 e. The van der Waals surface area contributed by atoms with E-state index in [1.54, 1.807) is 6.92 Å². The molecule has 0 aliphatic rings. The molecule has 0 amide bonds. The number of allylic oxidation sites excluding steroid dienone is 1. The van der Waals surface area contributed by atoms with Crippen LogP contribution in [-0.4, -0.2) is 10.4 Å². The van der Waals surface area contributed by atoms with Crippen molar-refractivity contribution in [2.75, 3.05) is 0 Å². The molecule has 2 nitrogen and oxygen atoms in total. The minimum absolute atomic E-state index is 0.0544. The van der Waals surface area contributed by atoms with Crippen molar-refractivity contribution in [3.8, 4) is 0 Å². The fourth-order valence-electron chi connectivity index (χ4n) is 2.61. The van der Waals surface area contributed by atoms with Crippen LogP contribution in [0.15, 0.2) is 85.2 Å². The van der Waals surface area contributed by atoms with Crippen molar-refractivity contribution >= 4 is 17.1 Å². The van der Waals surface area contributed by atoms with Crippen molar-refractivity contribution in [1.82, 2.24) is 4.57 Å². The molecule has 0 unspecified atom stereocenters. The van der Waals surface area contributed by atoms with E-state index < -0.39 is 0 Å². The Bertz CT molecular complexity index is 784. The lowest BCUT2D eigenvalue weighted by molar-refractivity contribution is -0.111. The van der Waals surface area contributed by atoms with E-state index in [0.29, 0.717) is 0 Å². The lowest BCUT2D eigenvalue weighted by Crippen LogP contribution is -2.06. The third-order valence-corrected chi connectivity index (χ3v) is 3.56. The molecule has 0 N–H and O–H groups in total. The Balaban J connectivity index is 2.32. The van der Waals surface area contributed by atoms with Gasteiger partial charge in [-0.3, -0.25) is 4.79 Å². The predicted octanol–water partition coefficient (Wildman–Crippen LogP) is 4.49. The highest BCUT2D eigenvalue weighted by atomic mass is 16.1. The Morgan fingerprint density at radius 2 is 1.23 bits per heavy atom. The molecule has 3 aromatic rings. The zero-order chi connectivity index (χ0) is 15.4. The van der Waals surface area contributed by atoms with Crippen LogP contribution in [0.3, 0.4) is 0 Å². The molecule has 1 heterocycles. The normalized spacial score (nSPS) is 11.9. The van der Waals surface area contributed by atoms with Crippen molar-refractivity contribution in [2.24, 2.45) is 0 Å². The van der Waals surface area contributed by atoms with Crippen LogP contribution in [0.1, 0.15) is 18.1 Å². The highest BCUT2D eigenvalue weighted by molar-refractivity contribution is 6.26. The second-order valence-corrected chi connectivity index (χ2v) is 5.10. The second-order valence-electron chi connectivity index (χ2n) is 5.10. The van der Waals surface area contributed by atoms with Crippen molar-refractivity contribution in [2.45, 2.75) is 6.92 Å². The minimum atomic E-state index is 0.0544. The standard InChI is InChI=1S/C20H17NO/c1-16(22)19(17-10-4-2-5-11-17)20(21-14-8-9-15-21)18-12-6-3-7-13-18/h2-15H,1H3. The molecule has 0 aliphatic heterocycles. The van der Waals surface area contributed by atoms with Gasteiger partial charge in [0.05, 0.1) is 5.70 Å². The molecular formula is C20H17NO. The Kier molecular flexibility index (Phi) is 4.01. The Labute approximate surface area is 130 Å². The molecule has 0 fully saturated rings. The van der Waals surface area contributed by atoms with Crippen molar-refractivity contribution in [1.29, 1.82) is 0 Å². The summed E-state index contributed by atoms with van der Waals surface area (Å²) in [6.45, 7) is 1.62. The number of aromatic nitrogens is 1. The molecule has 1 aromatic heterocycles. The second kappa shape index (κ2) is 6.27. The molecule has 0 saturated heterocycles. The number of hydrogen-bond donors (Lipinski definition) is 0. The van der Waals surface area contributed by atoms with Gasteiger partial charge in [-0.05, 0) is 30.2 Å². The maximum absolute atomic E-state index is 12.4. The first-order valence-electron chi connectivity index (χ1n) is 7.27. The van der Waals surface area contributed by atoms with Crippen LogP contribution in [0.5, 0.6) is 0 Å². The summed E-state index contributed by atoms with van der Waals surface area (Å²) in [6.07, 6.45) is 3.93. The molecule has 0 bridgehead atoms. The quantitative estimate of drug-likeness (QED) is 0.512. The summed E-state index contributed by atoms with van der Waals surface area (Å²) in [7, 11) is 0. The van der Waals surface area contributed by atoms with Crippen molar-refractivity contribution in [3.05, 3.63) is 96.3 Å². The van der Waals surface area contributed by atoms with E-state index >= 15 is 0 Å². The number of nitrogens with zero attached hydrogens (tertiary/aromatic N) is 1. The third-order valence-electron chi connectivity index (χ3n) is 3.56. The SMILES string of the molecule is CC(=O)C(=C(c1ccccc1)n1cccc1)c1ccccc1. The van der Waals surface area contributed by atoms with Crippen LogP contribution < -0.4 is 0 Å². The highest BCUT2D eigenvalue weighted by Gasteiger charge is 2.16. The van der Waals surface area contributed by atoms with Crippen LogP contribution in [0, 0.1) is 0 Å². The molecule has 0 saturated carbocycles. The Morgan fingerprint density at radius 3 is 1.73 bits per heavy atom. The van der Waals surface area contributed by atoms with Gasteiger partial charge in [0.1, 0.15) is 0 Å². The number of ketones is 1. The van der Waals surface area contributed by atoms with E-state index in [0.717, 1.165) is 22.4 Å². The molecule has 108 valence electrons. The predicted molar refractivity (Wildman–Crippen MR) is 90.2 cm³/mol. The van der Waals surface area contributed by atoms with E-state index in [4.69, 9.17) is 0 Å². The van der Waals surface area contributed by atoms with Gasteiger partial charge >= 0.3 is 0 Å². The van der Waals surface area contributed by atoms with Crippen LogP contribution in [0.4, 0.5) is 0 Å². The average Bonchev–Trinajstić information content (AvgIpc) is 3.07. The lowest BCUT2D eigenvalue weighted by atomic mass is 9.96. The van der Waals surface area contributed by atoms with E-state index in [2.05, 4.69) is 0 Å². The van der Waals surface area contributed by atoms with E-state index in [9.17, 15) is 4.79 Å². The van der Waals surface area contributed by atoms with Gasteiger partial charge in [-0.1, -0.05) is 60.7 Å². The molecule has 0 radical (unpaired) electrons. The zero-order valence-electron chi connectivity index (χ0n) is 12.4. The summed E-state index contributed by atoms with van der Waals surface area (Å²) < 4.78 is 2.00. The first-order chi connectivity index (χ1) is 10.8. The van der Waals surface area contributed by atoms with Crippen LogP contribution in [-0.2, 0) is 4.79 Å². The van der Waals surface area contributed by atoms with Gasteiger partial charge in [0.2, 0.25) is 0 Å². The fraction of sp³-hybridized carbons (Fsp3) is 0.0500. The molecule has 3 rings (SSSR count). The van der Waals surface area contributed by atoms with Crippen molar-refractivity contribution in [3.63, 3.8) is 0 Å². The smallest absolute Gasteiger partial charge is 0.162 e. The maximum atomic E-state index is 12.4. The van der Waals surface area contributed by atoms with Gasteiger partial charge in [0.15, 0.2) is 5.78 Å². The molecule has 0 spiro atoms. The third kappa shape index (κ3) is 2.77. The number of hydrogen-bond acceptors (Lipinski definition) is 1. The summed E-state index contributed by atoms with van der Waals surface area (Å²) in [4.78, 5) is 12.4. The topological polar surface area (TPSA) is 22.0 Å². The molecule has 0 aliphatic carbocycles. The molecule has 0 atom stereocenters. The first-order valence-corrected chi connectivity index (χ1v) is 7.27. The molecule has 2 heteroatoms. The van der Waals surface area contributed by atoms with Gasteiger partial charge in [-0.25, -0.2) is 0 Å². The molecule has 2 aromatic carbocycles. The minimum Gasteiger partial charge on any atom is -0.323 e. The number of Topliss-reactive ketones (excluding diaryl/α,β-unsaturated/α-hetero) is 1. The van der Waals surface area contributed by atoms with E-state index in [1.165, 1.54) is 0 Å². The van der Waals surface area contributed by atoms with E-state index in [-0.39, 0.29) is 5.78 Å². The van der Waals surface area contributed by atoms with Crippen LogP contribution in [0.25, 0.3) is 11.3 Å². The zero-order valence-corrected chi connectivity index (χ0v) is 12.4. The number of carbonyl (C=O) groups excluding carboxylic acids is 1. The Hall–Kier alpha value is -2.87. The first kappa shape index (κ1) is 14.1. The summed E-state index contributed by atoms with van der Waals surface area (Å²) in [5, 5.41) is 0. The van der Waals surface area contributed by atoms with Gasteiger partial charge in [-0.15, -0.1) is 0 Å². The highest BCUT2D eigenvalue weighted by Crippen LogP contribution is 2.28. The monoisotopic (exact) mass is 287 g/mol. The fourth-order valence-corrected chi connectivity index (χ4v) is 2.61. The summed E-state index contributed by atoms with van der Waals surface area (Å²) >= 11 is 0. The molecular weight excluding hydrogens is 270 g/mol. The summed E-state index contributed by atoms with van der Waals surface area (Å²) in [5.41, 5.74) is 3.59.